The predicted molar refractivity (Wildman–Crippen MR) is 170 cm³/mol. The normalized spacial score (nSPS) is 13.2. The molecule has 2 heteroatoms. The number of nitrogens with zero attached hydrogens (tertiary/aromatic N) is 1. The van der Waals surface area contributed by atoms with Crippen molar-refractivity contribution in [3.63, 3.8) is 0 Å². The lowest BCUT2D eigenvalue weighted by molar-refractivity contribution is 0.161. The fraction of sp³-hybridized carbons (Fsp3) is 0.0256. The fourth-order valence-electron chi connectivity index (χ4n) is 5.70. The SMILES string of the molecule is C1=CC(c2ccccc2)(c2ccccc2)Oc2cccc(-c3ccc(N(c4ccccc4)c4ccccc4)cc3)c21. The number of hydrogen-bond acceptors (Lipinski definition) is 2. The summed E-state index contributed by atoms with van der Waals surface area (Å²) in [6.45, 7) is 0. The third-order valence-corrected chi connectivity index (χ3v) is 7.69. The molecule has 0 bridgehead atoms. The lowest BCUT2D eigenvalue weighted by Crippen LogP contribution is -2.34. The lowest BCUT2D eigenvalue weighted by atomic mass is 9.83. The molecule has 0 fully saturated rings. The van der Waals surface area contributed by atoms with Crippen molar-refractivity contribution in [2.45, 2.75) is 5.60 Å². The molecule has 0 atom stereocenters. The van der Waals surface area contributed by atoms with Crippen LogP contribution in [0.15, 0.2) is 170 Å². The van der Waals surface area contributed by atoms with Gasteiger partial charge in [-0.1, -0.05) is 121 Å². The van der Waals surface area contributed by atoms with Crippen LogP contribution in [-0.4, -0.2) is 0 Å². The van der Waals surface area contributed by atoms with Gasteiger partial charge in [-0.2, -0.15) is 0 Å². The molecule has 1 aliphatic rings. The Balaban J connectivity index is 1.28. The maximum atomic E-state index is 6.94. The number of benzene rings is 6. The van der Waals surface area contributed by atoms with Gasteiger partial charge >= 0.3 is 0 Å². The van der Waals surface area contributed by atoms with Crippen LogP contribution in [0.2, 0.25) is 0 Å². The first-order chi connectivity index (χ1) is 20.3. The van der Waals surface area contributed by atoms with Crippen LogP contribution in [0.4, 0.5) is 17.1 Å². The number of fused-ring (bicyclic) bond motifs is 1. The first kappa shape index (κ1) is 24.7. The first-order valence-electron chi connectivity index (χ1n) is 13.9. The number of rotatable bonds is 6. The van der Waals surface area contributed by atoms with E-state index in [9.17, 15) is 0 Å². The summed E-state index contributed by atoms with van der Waals surface area (Å²) in [5, 5.41) is 0. The Hall–Kier alpha value is -5.34. The van der Waals surface area contributed by atoms with Gasteiger partial charge in [0.15, 0.2) is 5.60 Å². The minimum absolute atomic E-state index is 0.691. The highest BCUT2D eigenvalue weighted by atomic mass is 16.5. The van der Waals surface area contributed by atoms with E-state index < -0.39 is 5.60 Å². The molecule has 0 spiro atoms. The smallest absolute Gasteiger partial charge is 0.178 e. The van der Waals surface area contributed by atoms with Gasteiger partial charge in [-0.15, -0.1) is 0 Å². The highest BCUT2D eigenvalue weighted by Gasteiger charge is 2.37. The molecule has 0 amide bonds. The van der Waals surface area contributed by atoms with Crippen LogP contribution < -0.4 is 9.64 Å². The molecule has 41 heavy (non-hydrogen) atoms. The topological polar surface area (TPSA) is 12.5 Å². The zero-order valence-electron chi connectivity index (χ0n) is 22.6. The fourth-order valence-corrected chi connectivity index (χ4v) is 5.70. The van der Waals surface area contributed by atoms with E-state index in [0.717, 1.165) is 50.6 Å². The van der Waals surface area contributed by atoms with Crippen LogP contribution in [0.3, 0.4) is 0 Å². The largest absolute Gasteiger partial charge is 0.473 e. The van der Waals surface area contributed by atoms with E-state index >= 15 is 0 Å². The molecule has 0 radical (unpaired) electrons. The Bertz CT molecular complexity index is 1700. The van der Waals surface area contributed by atoms with E-state index in [1.54, 1.807) is 0 Å². The van der Waals surface area contributed by atoms with Crippen LogP contribution >= 0.6 is 0 Å². The molecule has 1 aliphatic heterocycles. The molecular weight excluding hydrogens is 498 g/mol. The van der Waals surface area contributed by atoms with Crippen LogP contribution in [0.5, 0.6) is 5.75 Å². The maximum absolute atomic E-state index is 6.94. The summed E-state index contributed by atoms with van der Waals surface area (Å²) in [6.07, 6.45) is 4.42. The molecule has 2 nitrogen and oxygen atoms in total. The second-order valence-corrected chi connectivity index (χ2v) is 10.2. The molecule has 6 aromatic carbocycles. The summed E-state index contributed by atoms with van der Waals surface area (Å²) in [7, 11) is 0. The van der Waals surface area contributed by atoms with Gasteiger partial charge in [-0.25, -0.2) is 0 Å². The highest BCUT2D eigenvalue weighted by molar-refractivity contribution is 5.83. The van der Waals surface area contributed by atoms with Crippen LogP contribution in [0.1, 0.15) is 16.7 Å². The number of anilines is 3. The Morgan fingerprint density at radius 1 is 0.439 bits per heavy atom. The van der Waals surface area contributed by atoms with Crippen molar-refractivity contribution in [1.82, 2.24) is 0 Å². The average Bonchev–Trinajstić information content (AvgIpc) is 3.06. The van der Waals surface area contributed by atoms with Gasteiger partial charge in [0.1, 0.15) is 5.75 Å². The molecule has 7 rings (SSSR count). The Kier molecular flexibility index (Phi) is 6.42. The van der Waals surface area contributed by atoms with Gasteiger partial charge < -0.3 is 9.64 Å². The molecule has 196 valence electrons. The van der Waals surface area contributed by atoms with Crippen molar-refractivity contribution in [1.29, 1.82) is 0 Å². The monoisotopic (exact) mass is 527 g/mol. The Morgan fingerprint density at radius 3 is 1.46 bits per heavy atom. The van der Waals surface area contributed by atoms with Crippen molar-refractivity contribution < 1.29 is 4.74 Å². The average molecular weight is 528 g/mol. The van der Waals surface area contributed by atoms with E-state index in [2.05, 4.69) is 157 Å². The van der Waals surface area contributed by atoms with Gasteiger partial charge in [0.05, 0.1) is 0 Å². The standard InChI is InChI=1S/C39H29NO/c1-5-14-31(15-6-1)39(32-16-7-2-8-17-32)29-28-37-36(22-13-23-38(37)41-39)30-24-26-35(27-25-30)40(33-18-9-3-10-19-33)34-20-11-4-12-21-34/h1-29H. The zero-order chi connectivity index (χ0) is 27.5. The van der Waals surface area contributed by atoms with Crippen molar-refractivity contribution in [3.05, 3.63) is 187 Å². The van der Waals surface area contributed by atoms with E-state index in [1.165, 1.54) is 0 Å². The molecule has 1 heterocycles. The molecule has 0 saturated heterocycles. The summed E-state index contributed by atoms with van der Waals surface area (Å²) >= 11 is 0. The predicted octanol–water partition coefficient (Wildman–Crippen LogP) is 10.2. The summed E-state index contributed by atoms with van der Waals surface area (Å²) in [5.41, 5.74) is 8.24. The highest BCUT2D eigenvalue weighted by Crippen LogP contribution is 2.45. The third-order valence-electron chi connectivity index (χ3n) is 7.69. The lowest BCUT2D eigenvalue weighted by Gasteiger charge is -2.36. The van der Waals surface area contributed by atoms with Crippen LogP contribution in [-0.2, 0) is 5.60 Å². The quantitative estimate of drug-likeness (QED) is 0.214. The van der Waals surface area contributed by atoms with Crippen molar-refractivity contribution in [3.8, 4) is 16.9 Å². The van der Waals surface area contributed by atoms with Crippen LogP contribution in [0, 0.1) is 0 Å². The summed E-state index contributed by atoms with van der Waals surface area (Å²) in [5.74, 6) is 0.872. The summed E-state index contributed by atoms with van der Waals surface area (Å²) in [6, 6.07) is 57.0. The number of ether oxygens (including phenoxy) is 1. The molecule has 0 N–H and O–H groups in total. The van der Waals surface area contributed by atoms with E-state index in [1.807, 2.05) is 24.3 Å². The van der Waals surface area contributed by atoms with Crippen molar-refractivity contribution >= 4 is 23.1 Å². The van der Waals surface area contributed by atoms with Gasteiger partial charge in [0, 0.05) is 33.8 Å². The number of hydrogen-bond donors (Lipinski definition) is 0. The second kappa shape index (κ2) is 10.7. The van der Waals surface area contributed by atoms with Gasteiger partial charge in [0.25, 0.3) is 0 Å². The molecule has 0 saturated carbocycles. The Morgan fingerprint density at radius 2 is 0.927 bits per heavy atom. The molecule has 0 unspecified atom stereocenters. The minimum Gasteiger partial charge on any atom is -0.473 e. The van der Waals surface area contributed by atoms with Crippen molar-refractivity contribution in [2.75, 3.05) is 4.90 Å². The molecule has 0 aromatic heterocycles. The molecule has 6 aromatic rings. The van der Waals surface area contributed by atoms with Crippen LogP contribution in [0.25, 0.3) is 17.2 Å². The maximum Gasteiger partial charge on any atom is 0.178 e. The van der Waals surface area contributed by atoms with Gasteiger partial charge in [-0.3, -0.25) is 0 Å². The molecule has 0 aliphatic carbocycles. The Labute approximate surface area is 241 Å². The van der Waals surface area contributed by atoms with E-state index in [4.69, 9.17) is 4.74 Å². The minimum atomic E-state index is -0.691. The van der Waals surface area contributed by atoms with E-state index in [-0.39, 0.29) is 0 Å². The first-order valence-corrected chi connectivity index (χ1v) is 13.9. The second-order valence-electron chi connectivity index (χ2n) is 10.2. The van der Waals surface area contributed by atoms with Gasteiger partial charge in [0.2, 0.25) is 0 Å². The third kappa shape index (κ3) is 4.60. The summed E-state index contributed by atoms with van der Waals surface area (Å²) in [4.78, 5) is 2.28. The summed E-state index contributed by atoms with van der Waals surface area (Å²) < 4.78 is 6.94. The van der Waals surface area contributed by atoms with E-state index in [0.29, 0.717) is 0 Å². The zero-order valence-corrected chi connectivity index (χ0v) is 22.6. The molecular formula is C39H29NO. The number of para-hydroxylation sites is 2. The van der Waals surface area contributed by atoms with Gasteiger partial charge in [-0.05, 0) is 65.7 Å². The van der Waals surface area contributed by atoms with Crippen molar-refractivity contribution in [2.24, 2.45) is 0 Å².